The number of aryl methyl sites for hydroxylation is 1. The Morgan fingerprint density at radius 2 is 2.00 bits per heavy atom. The monoisotopic (exact) mass is 219 g/mol. The number of benzene rings is 1. The molecule has 0 bridgehead atoms. The highest BCUT2D eigenvalue weighted by atomic mass is 16.4. The van der Waals surface area contributed by atoms with E-state index in [2.05, 4.69) is 29.6 Å². The molecule has 0 atom stereocenters. The lowest BCUT2D eigenvalue weighted by atomic mass is 9.76. The largest absolute Gasteiger partial charge is 0.481 e. The van der Waals surface area contributed by atoms with E-state index < -0.39 is 5.97 Å². The molecule has 1 aromatic carbocycles. The fraction of sp³-hybridized carbons (Fsp3) is 0.462. The molecule has 1 heterocycles. The van der Waals surface area contributed by atoms with Crippen LogP contribution in [0.2, 0.25) is 0 Å². The van der Waals surface area contributed by atoms with Gasteiger partial charge in [0.25, 0.3) is 5.97 Å². The van der Waals surface area contributed by atoms with Crippen LogP contribution in [0.25, 0.3) is 0 Å². The first-order valence-corrected chi connectivity index (χ1v) is 5.63. The number of carboxylic acid groups (broad SMARTS) is 1. The topological polar surface area (TPSA) is 49.3 Å². The van der Waals surface area contributed by atoms with Crippen molar-refractivity contribution in [2.75, 3.05) is 13.1 Å². The highest BCUT2D eigenvalue weighted by molar-refractivity contribution is 5.62. The Bertz CT molecular complexity index is 393. The SMILES string of the molecule is CC(=O)O.c1ccc2c(c1)CCC21CNC1. The van der Waals surface area contributed by atoms with Gasteiger partial charge in [-0.25, -0.2) is 0 Å². The van der Waals surface area contributed by atoms with Gasteiger partial charge in [-0.1, -0.05) is 24.3 Å². The van der Waals surface area contributed by atoms with E-state index in [1.807, 2.05) is 0 Å². The van der Waals surface area contributed by atoms with Crippen molar-refractivity contribution in [2.45, 2.75) is 25.2 Å². The number of aliphatic carboxylic acids is 1. The number of rotatable bonds is 0. The molecule has 0 saturated carbocycles. The molecule has 0 amide bonds. The van der Waals surface area contributed by atoms with Crippen LogP contribution >= 0.6 is 0 Å². The fourth-order valence-corrected chi connectivity index (χ4v) is 2.56. The highest BCUT2D eigenvalue weighted by Crippen LogP contribution is 2.41. The number of hydrogen-bond acceptors (Lipinski definition) is 2. The lowest BCUT2D eigenvalue weighted by Crippen LogP contribution is -2.55. The van der Waals surface area contributed by atoms with Crippen LogP contribution in [0.3, 0.4) is 0 Å². The maximum absolute atomic E-state index is 9.00. The van der Waals surface area contributed by atoms with Crippen LogP contribution in [0.4, 0.5) is 0 Å². The molecule has 1 aliphatic heterocycles. The fourth-order valence-electron chi connectivity index (χ4n) is 2.56. The molecule has 0 unspecified atom stereocenters. The quantitative estimate of drug-likeness (QED) is 0.696. The molecule has 3 nitrogen and oxygen atoms in total. The Labute approximate surface area is 95.5 Å². The summed E-state index contributed by atoms with van der Waals surface area (Å²) in [6.45, 7) is 3.48. The molecule has 3 rings (SSSR count). The minimum atomic E-state index is -0.833. The minimum Gasteiger partial charge on any atom is -0.481 e. The second-order valence-electron chi connectivity index (χ2n) is 4.56. The van der Waals surface area contributed by atoms with Gasteiger partial charge in [0.15, 0.2) is 0 Å². The third-order valence-electron chi connectivity index (χ3n) is 3.39. The Morgan fingerprint density at radius 3 is 2.56 bits per heavy atom. The van der Waals surface area contributed by atoms with Gasteiger partial charge in [-0.05, 0) is 24.0 Å². The van der Waals surface area contributed by atoms with Crippen molar-refractivity contribution in [2.24, 2.45) is 0 Å². The van der Waals surface area contributed by atoms with Crippen molar-refractivity contribution < 1.29 is 9.90 Å². The average Bonchev–Trinajstić information content (AvgIpc) is 2.55. The van der Waals surface area contributed by atoms with Gasteiger partial charge in [-0.2, -0.15) is 0 Å². The Hall–Kier alpha value is -1.35. The van der Waals surface area contributed by atoms with Crippen molar-refractivity contribution in [1.82, 2.24) is 5.32 Å². The third-order valence-corrected chi connectivity index (χ3v) is 3.39. The molecule has 1 aromatic rings. The summed E-state index contributed by atoms with van der Waals surface area (Å²) in [5, 5.41) is 10.8. The van der Waals surface area contributed by atoms with Gasteiger partial charge in [0.2, 0.25) is 0 Å². The molecule has 2 N–H and O–H groups in total. The van der Waals surface area contributed by atoms with E-state index in [1.54, 1.807) is 11.1 Å². The molecule has 16 heavy (non-hydrogen) atoms. The van der Waals surface area contributed by atoms with Gasteiger partial charge in [0.05, 0.1) is 0 Å². The summed E-state index contributed by atoms with van der Waals surface area (Å²) in [4.78, 5) is 9.00. The summed E-state index contributed by atoms with van der Waals surface area (Å²) in [6.07, 6.45) is 2.65. The minimum absolute atomic E-state index is 0.538. The van der Waals surface area contributed by atoms with Gasteiger partial charge >= 0.3 is 0 Å². The summed E-state index contributed by atoms with van der Waals surface area (Å²) >= 11 is 0. The van der Waals surface area contributed by atoms with Crippen LogP contribution in [0.1, 0.15) is 24.5 Å². The van der Waals surface area contributed by atoms with E-state index in [0.29, 0.717) is 5.41 Å². The first kappa shape index (κ1) is 11.1. The molecule has 1 aliphatic carbocycles. The Morgan fingerprint density at radius 1 is 1.38 bits per heavy atom. The second kappa shape index (κ2) is 4.26. The van der Waals surface area contributed by atoms with E-state index in [0.717, 1.165) is 6.92 Å². The number of carbonyl (C=O) groups is 1. The maximum Gasteiger partial charge on any atom is 0.300 e. The zero-order valence-electron chi connectivity index (χ0n) is 9.49. The first-order valence-electron chi connectivity index (χ1n) is 5.63. The zero-order valence-corrected chi connectivity index (χ0v) is 9.49. The first-order chi connectivity index (χ1) is 7.64. The van der Waals surface area contributed by atoms with Gasteiger partial charge < -0.3 is 10.4 Å². The molecule has 0 radical (unpaired) electrons. The van der Waals surface area contributed by atoms with Crippen molar-refractivity contribution >= 4 is 5.97 Å². The van der Waals surface area contributed by atoms with E-state index in [-0.39, 0.29) is 0 Å². The molecule has 2 aliphatic rings. The van der Waals surface area contributed by atoms with E-state index in [1.165, 1.54) is 25.9 Å². The summed E-state index contributed by atoms with van der Waals surface area (Å²) in [5.74, 6) is -0.833. The van der Waals surface area contributed by atoms with Crippen LogP contribution in [-0.2, 0) is 16.6 Å². The van der Waals surface area contributed by atoms with Crippen LogP contribution in [0.5, 0.6) is 0 Å². The van der Waals surface area contributed by atoms with Gasteiger partial charge in [-0.3, -0.25) is 4.79 Å². The molecule has 1 saturated heterocycles. The normalized spacial score (nSPS) is 19.3. The van der Waals surface area contributed by atoms with Crippen LogP contribution < -0.4 is 5.32 Å². The van der Waals surface area contributed by atoms with Gasteiger partial charge in [0, 0.05) is 25.4 Å². The molecule has 0 aromatic heterocycles. The lowest BCUT2D eigenvalue weighted by molar-refractivity contribution is -0.134. The van der Waals surface area contributed by atoms with E-state index in [9.17, 15) is 0 Å². The van der Waals surface area contributed by atoms with Crippen LogP contribution in [-0.4, -0.2) is 24.2 Å². The number of hydrogen-bond donors (Lipinski definition) is 2. The lowest BCUT2D eigenvalue weighted by Gasteiger charge is -2.40. The van der Waals surface area contributed by atoms with Gasteiger partial charge in [-0.15, -0.1) is 0 Å². The number of nitrogens with one attached hydrogen (secondary N) is 1. The molecule has 3 heteroatoms. The Kier molecular flexibility index (Phi) is 2.97. The molecular weight excluding hydrogens is 202 g/mol. The number of carboxylic acids is 1. The third kappa shape index (κ3) is 1.95. The summed E-state index contributed by atoms with van der Waals surface area (Å²) in [6, 6.07) is 8.92. The predicted molar refractivity (Wildman–Crippen MR) is 62.6 cm³/mol. The van der Waals surface area contributed by atoms with Gasteiger partial charge in [0.1, 0.15) is 0 Å². The number of fused-ring (bicyclic) bond motifs is 2. The predicted octanol–water partition coefficient (Wildman–Crippen LogP) is 1.56. The van der Waals surface area contributed by atoms with Crippen molar-refractivity contribution in [3.63, 3.8) is 0 Å². The summed E-state index contributed by atoms with van der Waals surface area (Å²) in [7, 11) is 0. The maximum atomic E-state index is 9.00. The average molecular weight is 219 g/mol. The van der Waals surface area contributed by atoms with E-state index >= 15 is 0 Å². The summed E-state index contributed by atoms with van der Waals surface area (Å²) in [5.41, 5.74) is 3.74. The van der Waals surface area contributed by atoms with Crippen molar-refractivity contribution in [3.05, 3.63) is 35.4 Å². The van der Waals surface area contributed by atoms with Crippen molar-refractivity contribution in [1.29, 1.82) is 0 Å². The molecule has 1 spiro atoms. The molecular formula is C13H17NO2. The summed E-state index contributed by atoms with van der Waals surface area (Å²) < 4.78 is 0. The smallest absolute Gasteiger partial charge is 0.300 e. The molecule has 86 valence electrons. The second-order valence-corrected chi connectivity index (χ2v) is 4.56. The highest BCUT2D eigenvalue weighted by Gasteiger charge is 2.43. The van der Waals surface area contributed by atoms with Crippen LogP contribution in [0.15, 0.2) is 24.3 Å². The van der Waals surface area contributed by atoms with E-state index in [4.69, 9.17) is 9.90 Å². The molecule has 1 fully saturated rings. The van der Waals surface area contributed by atoms with Crippen molar-refractivity contribution in [3.8, 4) is 0 Å². The van der Waals surface area contributed by atoms with Crippen LogP contribution in [0, 0.1) is 0 Å². The Balaban J connectivity index is 0.000000212. The standard InChI is InChI=1S/C11H13N.C2H4O2/c1-2-4-10-9(3-1)5-6-11(10)7-12-8-11;1-2(3)4/h1-4,12H,5-8H2;1H3,(H,3,4). The zero-order chi connectivity index (χ0) is 11.6.